The molecule has 136 valence electrons. The van der Waals surface area contributed by atoms with Crippen LogP contribution in [0.3, 0.4) is 0 Å². The summed E-state index contributed by atoms with van der Waals surface area (Å²) in [5.74, 6) is 1.13. The van der Waals surface area contributed by atoms with Gasteiger partial charge in [-0.2, -0.15) is 0 Å². The summed E-state index contributed by atoms with van der Waals surface area (Å²) < 4.78 is 0. The Kier molecular flexibility index (Phi) is 6.31. The first-order valence-electron chi connectivity index (χ1n) is 9.58. The van der Waals surface area contributed by atoms with E-state index in [4.69, 9.17) is 0 Å². The minimum Gasteiger partial charge on any atom is -0.356 e. The molecule has 0 atom stereocenters. The van der Waals surface area contributed by atoms with Crippen LogP contribution >= 0.6 is 0 Å². The Bertz CT molecular complexity index is 607. The van der Waals surface area contributed by atoms with Crippen molar-refractivity contribution in [3.8, 4) is 0 Å². The van der Waals surface area contributed by atoms with Gasteiger partial charge in [-0.25, -0.2) is 0 Å². The fourth-order valence-electron chi connectivity index (χ4n) is 3.77. The molecule has 1 aliphatic heterocycles. The molecule has 2 aliphatic rings. The van der Waals surface area contributed by atoms with E-state index in [1.54, 1.807) is 7.05 Å². The van der Waals surface area contributed by atoms with E-state index in [0.29, 0.717) is 12.5 Å². The van der Waals surface area contributed by atoms with E-state index >= 15 is 0 Å². The molecule has 0 bridgehead atoms. The average Bonchev–Trinajstić information content (AvgIpc) is 3.16. The maximum Gasteiger partial charge on any atom is 0.222 e. The van der Waals surface area contributed by atoms with Gasteiger partial charge in [-0.3, -0.25) is 9.79 Å². The van der Waals surface area contributed by atoms with E-state index in [9.17, 15) is 4.79 Å². The lowest BCUT2D eigenvalue weighted by Gasteiger charge is -2.29. The zero-order chi connectivity index (χ0) is 17.5. The van der Waals surface area contributed by atoms with Crippen LogP contribution in [0.1, 0.15) is 49.7 Å². The van der Waals surface area contributed by atoms with Gasteiger partial charge in [0, 0.05) is 39.1 Å². The van der Waals surface area contributed by atoms with Crippen LogP contribution in [0, 0.1) is 0 Å². The normalized spacial score (nSPS) is 18.1. The number of hydrogen-bond acceptors (Lipinski definition) is 2. The van der Waals surface area contributed by atoms with Crippen LogP contribution in [-0.4, -0.2) is 42.9 Å². The lowest BCUT2D eigenvalue weighted by atomic mass is 9.99. The van der Waals surface area contributed by atoms with Crippen LogP contribution in [0.15, 0.2) is 29.3 Å². The molecule has 0 saturated heterocycles. The third-order valence-corrected chi connectivity index (χ3v) is 5.26. The molecule has 0 radical (unpaired) electrons. The first-order chi connectivity index (χ1) is 12.3. The zero-order valence-corrected chi connectivity index (χ0v) is 15.3. The number of hydrogen-bond donors (Lipinski definition) is 2. The van der Waals surface area contributed by atoms with Gasteiger partial charge < -0.3 is 15.5 Å². The lowest BCUT2D eigenvalue weighted by Crippen LogP contribution is -2.43. The summed E-state index contributed by atoms with van der Waals surface area (Å²) in [6, 6.07) is 8.99. The Morgan fingerprint density at radius 3 is 2.76 bits per heavy atom. The lowest BCUT2D eigenvalue weighted by molar-refractivity contribution is -0.132. The van der Waals surface area contributed by atoms with Gasteiger partial charge in [0.2, 0.25) is 5.91 Å². The molecule has 5 heteroatoms. The summed E-state index contributed by atoms with van der Waals surface area (Å²) in [5, 5.41) is 6.81. The molecule has 1 aliphatic carbocycles. The van der Waals surface area contributed by atoms with Crippen molar-refractivity contribution in [2.45, 2.75) is 57.5 Å². The minimum absolute atomic E-state index is 0.259. The highest BCUT2D eigenvalue weighted by Crippen LogP contribution is 2.19. The van der Waals surface area contributed by atoms with Crippen molar-refractivity contribution < 1.29 is 4.79 Å². The van der Waals surface area contributed by atoms with Crippen molar-refractivity contribution in [3.05, 3.63) is 35.4 Å². The monoisotopic (exact) mass is 342 g/mol. The Morgan fingerprint density at radius 1 is 1.24 bits per heavy atom. The van der Waals surface area contributed by atoms with Gasteiger partial charge in [0.25, 0.3) is 0 Å². The van der Waals surface area contributed by atoms with E-state index < -0.39 is 0 Å². The summed E-state index contributed by atoms with van der Waals surface area (Å²) >= 11 is 0. The first-order valence-corrected chi connectivity index (χ1v) is 9.58. The van der Waals surface area contributed by atoms with Gasteiger partial charge in [0.15, 0.2) is 5.96 Å². The summed E-state index contributed by atoms with van der Waals surface area (Å²) in [6.07, 6.45) is 7.48. The van der Waals surface area contributed by atoms with Crippen LogP contribution in [0.25, 0.3) is 0 Å². The fourth-order valence-corrected chi connectivity index (χ4v) is 3.77. The second-order valence-corrected chi connectivity index (χ2v) is 7.06. The number of carbonyl (C=O) groups is 1. The first kappa shape index (κ1) is 17.8. The number of carbonyl (C=O) groups excluding carboxylic acids is 1. The highest BCUT2D eigenvalue weighted by atomic mass is 16.2. The van der Waals surface area contributed by atoms with Crippen LogP contribution in [-0.2, 0) is 17.8 Å². The number of nitrogens with one attached hydrogen (secondary N) is 2. The van der Waals surface area contributed by atoms with Gasteiger partial charge in [-0.05, 0) is 36.8 Å². The van der Waals surface area contributed by atoms with E-state index in [1.807, 2.05) is 4.90 Å². The molecule has 1 heterocycles. The molecule has 1 saturated carbocycles. The average molecular weight is 342 g/mol. The molecule has 5 nitrogen and oxygen atoms in total. The standard InChI is InChI=1S/C20H30N4O/c1-21-20(23-18-9-4-5-10-18)22-13-6-11-19(25)24-14-12-16-7-2-3-8-17(16)15-24/h2-3,7-8,18H,4-6,9-15H2,1H3,(H2,21,22,23). The van der Waals surface area contributed by atoms with Gasteiger partial charge in [0.1, 0.15) is 0 Å². The van der Waals surface area contributed by atoms with Crippen molar-refractivity contribution in [3.63, 3.8) is 0 Å². The Labute approximate surface area is 150 Å². The molecule has 1 amide bonds. The van der Waals surface area contributed by atoms with Gasteiger partial charge in [-0.1, -0.05) is 37.1 Å². The number of benzene rings is 1. The van der Waals surface area contributed by atoms with Crippen molar-refractivity contribution in [2.75, 3.05) is 20.1 Å². The Hall–Kier alpha value is -2.04. The largest absolute Gasteiger partial charge is 0.356 e. The quantitative estimate of drug-likeness (QED) is 0.491. The highest BCUT2D eigenvalue weighted by Gasteiger charge is 2.20. The number of nitrogens with zero attached hydrogens (tertiary/aromatic N) is 2. The molecular weight excluding hydrogens is 312 g/mol. The van der Waals surface area contributed by atoms with E-state index in [0.717, 1.165) is 38.4 Å². The van der Waals surface area contributed by atoms with Gasteiger partial charge in [0.05, 0.1) is 0 Å². The van der Waals surface area contributed by atoms with E-state index in [1.165, 1.54) is 36.8 Å². The maximum atomic E-state index is 12.5. The van der Waals surface area contributed by atoms with Crippen LogP contribution < -0.4 is 10.6 Å². The molecule has 3 rings (SSSR count). The predicted molar refractivity (Wildman–Crippen MR) is 102 cm³/mol. The van der Waals surface area contributed by atoms with Gasteiger partial charge in [-0.15, -0.1) is 0 Å². The SMILES string of the molecule is CN=C(NCCCC(=O)N1CCc2ccccc2C1)NC1CCCC1. The molecule has 2 N–H and O–H groups in total. The summed E-state index contributed by atoms with van der Waals surface area (Å²) in [4.78, 5) is 18.7. The number of guanidine groups is 1. The molecule has 1 aromatic rings. The summed E-state index contributed by atoms with van der Waals surface area (Å²) in [5.41, 5.74) is 2.68. The molecule has 1 fully saturated rings. The molecule has 1 aromatic carbocycles. The highest BCUT2D eigenvalue weighted by molar-refractivity contribution is 5.80. The van der Waals surface area contributed by atoms with Crippen molar-refractivity contribution >= 4 is 11.9 Å². The summed E-state index contributed by atoms with van der Waals surface area (Å²) in [6.45, 7) is 2.38. The second kappa shape index (κ2) is 8.88. The van der Waals surface area contributed by atoms with Crippen molar-refractivity contribution in [1.82, 2.24) is 15.5 Å². The second-order valence-electron chi connectivity index (χ2n) is 7.06. The molecule has 25 heavy (non-hydrogen) atoms. The van der Waals surface area contributed by atoms with Gasteiger partial charge >= 0.3 is 0 Å². The smallest absolute Gasteiger partial charge is 0.222 e. The molecule has 0 aromatic heterocycles. The van der Waals surface area contributed by atoms with Crippen molar-refractivity contribution in [1.29, 1.82) is 0 Å². The fraction of sp³-hybridized carbons (Fsp3) is 0.600. The van der Waals surface area contributed by atoms with Crippen LogP contribution in [0.4, 0.5) is 0 Å². The molecule has 0 unspecified atom stereocenters. The topological polar surface area (TPSA) is 56.7 Å². The number of rotatable bonds is 5. The van der Waals surface area contributed by atoms with E-state index in [2.05, 4.69) is 39.9 Å². The maximum absolute atomic E-state index is 12.5. The summed E-state index contributed by atoms with van der Waals surface area (Å²) in [7, 11) is 1.81. The van der Waals surface area contributed by atoms with Crippen LogP contribution in [0.5, 0.6) is 0 Å². The number of amides is 1. The third-order valence-electron chi connectivity index (χ3n) is 5.26. The molecular formula is C20H30N4O. The third kappa shape index (κ3) is 4.97. The van der Waals surface area contributed by atoms with Crippen LogP contribution in [0.2, 0.25) is 0 Å². The Balaban J connectivity index is 1.36. The number of fused-ring (bicyclic) bond motifs is 1. The van der Waals surface area contributed by atoms with E-state index in [-0.39, 0.29) is 5.91 Å². The number of aliphatic imine (C=N–C) groups is 1. The zero-order valence-electron chi connectivity index (χ0n) is 15.3. The Morgan fingerprint density at radius 2 is 2.00 bits per heavy atom. The predicted octanol–water partition coefficient (Wildman–Crippen LogP) is 2.46. The minimum atomic E-state index is 0.259. The van der Waals surface area contributed by atoms with Crippen molar-refractivity contribution in [2.24, 2.45) is 4.99 Å². The molecule has 0 spiro atoms.